The van der Waals surface area contributed by atoms with Crippen LogP contribution in [0.25, 0.3) is 10.2 Å². The molecule has 2 bridgehead atoms. The third-order valence-corrected chi connectivity index (χ3v) is 9.08. The predicted molar refractivity (Wildman–Crippen MR) is 145 cm³/mol. The molecule has 0 radical (unpaired) electrons. The number of hydrogen-bond acceptors (Lipinski definition) is 5. The van der Waals surface area contributed by atoms with Crippen LogP contribution in [0.5, 0.6) is 0 Å². The zero-order valence-electron chi connectivity index (χ0n) is 22.1. The van der Waals surface area contributed by atoms with Gasteiger partial charge in [-0.25, -0.2) is 4.98 Å². The number of benzene rings is 1. The van der Waals surface area contributed by atoms with Gasteiger partial charge in [0.2, 0.25) is 0 Å². The number of fused-ring (bicyclic) bond motifs is 3. The number of rotatable bonds is 1. The Bertz CT molecular complexity index is 1090. The molecular weight excluding hydrogens is 454 g/mol. The average Bonchev–Trinajstić information content (AvgIpc) is 3.22. The van der Waals surface area contributed by atoms with E-state index in [2.05, 4.69) is 70.1 Å². The number of Topliss-reactive ketones (excluding diaryl/α,β-unsaturated/α-hetero) is 1. The Morgan fingerprint density at radius 2 is 1.89 bits per heavy atom. The number of carbonyl (C=O) groups is 2. The number of cyclic esters (lactones) is 1. The summed E-state index contributed by atoms with van der Waals surface area (Å²) in [5.41, 5.74) is 2.85. The Morgan fingerprint density at radius 1 is 1.14 bits per heavy atom. The largest absolute Gasteiger partial charge is 0.457 e. The third kappa shape index (κ3) is 6.30. The molecule has 4 rings (SSSR count). The van der Waals surface area contributed by atoms with Gasteiger partial charge < -0.3 is 4.74 Å². The summed E-state index contributed by atoms with van der Waals surface area (Å²) >= 11 is 1.68. The molecule has 0 saturated heterocycles. The van der Waals surface area contributed by atoms with Crippen LogP contribution in [0.4, 0.5) is 0 Å². The lowest BCUT2D eigenvalue weighted by Crippen LogP contribution is -2.45. The first-order valence-corrected chi connectivity index (χ1v) is 13.7. The second-order valence-electron chi connectivity index (χ2n) is 10.7. The van der Waals surface area contributed by atoms with Crippen molar-refractivity contribution >= 4 is 33.3 Å². The maximum absolute atomic E-state index is 13.2. The Labute approximate surface area is 214 Å². The fraction of sp³-hybridized carbons (Fsp3) is 0.567. The summed E-state index contributed by atoms with van der Waals surface area (Å²) < 4.78 is 7.18. The smallest absolute Gasteiger partial charge is 0.306 e. The summed E-state index contributed by atoms with van der Waals surface area (Å²) in [5, 5.41) is 1.04. The Hall–Kier alpha value is -2.27. The van der Waals surface area contributed by atoms with Crippen molar-refractivity contribution < 1.29 is 14.3 Å². The highest BCUT2D eigenvalue weighted by Gasteiger charge is 2.46. The molecule has 3 unspecified atom stereocenters. The Balaban J connectivity index is 0.00000167. The van der Waals surface area contributed by atoms with E-state index >= 15 is 0 Å². The number of carbonyl (C=O) groups excluding carboxylic acids is 2. The molecule has 190 valence electrons. The number of ether oxygens (including phenoxy) is 1. The normalized spacial score (nSPS) is 32.0. The second kappa shape index (κ2) is 11.6. The van der Waals surface area contributed by atoms with Gasteiger partial charge in [0.25, 0.3) is 0 Å². The van der Waals surface area contributed by atoms with Crippen molar-refractivity contribution in [3.63, 3.8) is 0 Å². The van der Waals surface area contributed by atoms with Crippen molar-refractivity contribution in [2.75, 3.05) is 0 Å². The number of aromatic nitrogens is 1. The van der Waals surface area contributed by atoms with E-state index in [4.69, 9.17) is 4.74 Å². The molecule has 4 nitrogen and oxygen atoms in total. The fourth-order valence-corrected chi connectivity index (χ4v) is 6.62. The molecular formula is C30H41NO3S. The topological polar surface area (TPSA) is 56.3 Å². The van der Waals surface area contributed by atoms with E-state index in [-0.39, 0.29) is 24.4 Å². The molecule has 0 N–H and O–H groups in total. The van der Waals surface area contributed by atoms with Crippen LogP contribution in [-0.4, -0.2) is 16.7 Å². The van der Waals surface area contributed by atoms with Crippen molar-refractivity contribution in [3.05, 3.63) is 53.6 Å². The van der Waals surface area contributed by atoms with Gasteiger partial charge >= 0.3 is 5.97 Å². The highest BCUT2D eigenvalue weighted by Crippen LogP contribution is 2.47. The van der Waals surface area contributed by atoms with Gasteiger partial charge in [0.1, 0.15) is 11.9 Å². The van der Waals surface area contributed by atoms with Gasteiger partial charge in [0.15, 0.2) is 0 Å². The van der Waals surface area contributed by atoms with E-state index in [0.29, 0.717) is 30.5 Å². The zero-order chi connectivity index (χ0) is 25.8. The number of thiazole rings is 1. The summed E-state index contributed by atoms with van der Waals surface area (Å²) in [4.78, 5) is 30.8. The Kier molecular flexibility index (Phi) is 9.09. The highest BCUT2D eigenvalue weighted by molar-refractivity contribution is 7.18. The molecule has 35 heavy (non-hydrogen) atoms. The molecule has 0 spiro atoms. The lowest BCUT2D eigenvalue weighted by molar-refractivity contribution is -0.151. The lowest BCUT2D eigenvalue weighted by Gasteiger charge is -2.44. The van der Waals surface area contributed by atoms with Crippen LogP contribution in [0.1, 0.15) is 89.3 Å². The summed E-state index contributed by atoms with van der Waals surface area (Å²) in [7, 11) is 0. The molecule has 2 aliphatic rings. The van der Waals surface area contributed by atoms with E-state index in [1.54, 1.807) is 11.3 Å². The number of esters is 1. The summed E-state index contributed by atoms with van der Waals surface area (Å²) in [6.07, 6.45) is 7.65. The van der Waals surface area contributed by atoms with Gasteiger partial charge in [-0.05, 0) is 75.5 Å². The molecule has 1 fully saturated rings. The monoisotopic (exact) mass is 495 g/mol. The molecule has 2 aromatic rings. The van der Waals surface area contributed by atoms with Gasteiger partial charge in [-0.1, -0.05) is 38.5 Å². The number of allylic oxidation sites excluding steroid dienone is 1. The van der Waals surface area contributed by atoms with Gasteiger partial charge in [-0.3, -0.25) is 9.59 Å². The van der Waals surface area contributed by atoms with Gasteiger partial charge in [-0.2, -0.15) is 0 Å². The molecule has 1 aliphatic heterocycles. The number of ketones is 1. The van der Waals surface area contributed by atoms with Crippen LogP contribution in [0, 0.1) is 30.1 Å². The fourth-order valence-electron chi connectivity index (χ4n) is 5.81. The SMILES string of the molecule is C/C1=C/CC(c2ccc3sc(C)nc3c2)OC(=O)CCC2(C)C[C@@H](CCC1)C(C)[C@@H](C)C2=O.C=C. The molecule has 1 aliphatic carbocycles. The van der Waals surface area contributed by atoms with Crippen molar-refractivity contribution in [1.82, 2.24) is 4.98 Å². The summed E-state index contributed by atoms with van der Waals surface area (Å²) in [6.45, 7) is 16.6. The molecule has 1 aromatic heterocycles. The van der Waals surface area contributed by atoms with Crippen molar-refractivity contribution in [3.8, 4) is 0 Å². The maximum atomic E-state index is 13.2. The van der Waals surface area contributed by atoms with Crippen LogP contribution < -0.4 is 0 Å². The van der Waals surface area contributed by atoms with Crippen LogP contribution >= 0.6 is 11.3 Å². The lowest BCUT2D eigenvalue weighted by atomic mass is 9.59. The van der Waals surface area contributed by atoms with E-state index in [0.717, 1.165) is 46.5 Å². The third-order valence-electron chi connectivity index (χ3n) is 8.12. The minimum absolute atomic E-state index is 0.0513. The van der Waals surface area contributed by atoms with E-state index < -0.39 is 5.41 Å². The van der Waals surface area contributed by atoms with E-state index in [1.807, 2.05) is 6.92 Å². The first-order chi connectivity index (χ1) is 16.7. The number of hydrogen-bond donors (Lipinski definition) is 0. The van der Waals surface area contributed by atoms with Crippen LogP contribution in [-0.2, 0) is 14.3 Å². The zero-order valence-corrected chi connectivity index (χ0v) is 22.9. The van der Waals surface area contributed by atoms with Crippen LogP contribution in [0.2, 0.25) is 0 Å². The van der Waals surface area contributed by atoms with Crippen molar-refractivity contribution in [1.29, 1.82) is 0 Å². The van der Waals surface area contributed by atoms with Crippen molar-refractivity contribution in [2.45, 2.75) is 85.7 Å². The average molecular weight is 496 g/mol. The van der Waals surface area contributed by atoms with Crippen molar-refractivity contribution in [2.24, 2.45) is 23.2 Å². The molecule has 5 heteroatoms. The highest BCUT2D eigenvalue weighted by atomic mass is 32.1. The number of nitrogens with zero attached hydrogens (tertiary/aromatic N) is 1. The van der Waals surface area contributed by atoms with Crippen LogP contribution in [0.3, 0.4) is 0 Å². The Morgan fingerprint density at radius 3 is 2.63 bits per heavy atom. The summed E-state index contributed by atoms with van der Waals surface area (Å²) in [6, 6.07) is 6.20. The number of aryl methyl sites for hydroxylation is 1. The predicted octanol–water partition coefficient (Wildman–Crippen LogP) is 8.16. The standard InChI is InChI=1S/C28H37NO3S.C2H4/c1-17-7-6-8-22-16-28(5,27(31)19(3)18(22)2)14-13-26(30)32-24(11-9-17)21-10-12-25-23(15-21)29-20(4)33-25;1-2/h9-10,12,15,18-19,22,24H,6-8,11,13-14,16H2,1-5H3;1-2H2/b17-9-;/t18?,19-,22-,24?,28?;/m1./s1. The van der Waals surface area contributed by atoms with Crippen LogP contribution in [0.15, 0.2) is 43.0 Å². The minimum Gasteiger partial charge on any atom is -0.457 e. The maximum Gasteiger partial charge on any atom is 0.306 e. The second-order valence-corrected chi connectivity index (χ2v) is 11.9. The van der Waals surface area contributed by atoms with Gasteiger partial charge in [-0.15, -0.1) is 24.5 Å². The van der Waals surface area contributed by atoms with Gasteiger partial charge in [0.05, 0.1) is 15.2 Å². The minimum atomic E-state index is -0.433. The first-order valence-electron chi connectivity index (χ1n) is 12.9. The van der Waals surface area contributed by atoms with E-state index in [1.165, 1.54) is 5.57 Å². The summed E-state index contributed by atoms with van der Waals surface area (Å²) in [5.74, 6) is 1.10. The quantitative estimate of drug-likeness (QED) is 0.296. The molecule has 1 aromatic carbocycles. The molecule has 5 atom stereocenters. The first kappa shape index (κ1) is 27.3. The molecule has 0 amide bonds. The van der Waals surface area contributed by atoms with E-state index in [9.17, 15) is 9.59 Å². The molecule has 2 heterocycles. The molecule has 1 saturated carbocycles. The van der Waals surface area contributed by atoms with Gasteiger partial charge in [0, 0.05) is 24.2 Å².